The van der Waals surface area contributed by atoms with Crippen LogP contribution in [0, 0.1) is 6.92 Å². The van der Waals surface area contributed by atoms with Crippen molar-refractivity contribution >= 4 is 28.8 Å². The van der Waals surface area contributed by atoms with Gasteiger partial charge in [-0.25, -0.2) is 9.97 Å². The fourth-order valence-electron chi connectivity index (χ4n) is 5.40. The number of aromatic nitrogens is 2. The summed E-state index contributed by atoms with van der Waals surface area (Å²) in [5, 5.41) is 6.76. The topological polar surface area (TPSA) is 125 Å². The van der Waals surface area contributed by atoms with Gasteiger partial charge in [-0.05, 0) is 62.7 Å². The van der Waals surface area contributed by atoms with Crippen molar-refractivity contribution in [2.75, 3.05) is 48.8 Å². The first-order valence-electron chi connectivity index (χ1n) is 13.5. The van der Waals surface area contributed by atoms with Crippen LogP contribution in [0.1, 0.15) is 41.9 Å². The number of carbonyl (C=O) groups is 1. The second-order valence-electron chi connectivity index (χ2n) is 10.5. The molecule has 3 aromatic rings. The Balaban J connectivity index is 1.36. The molecular formula is C29H38N8O. The van der Waals surface area contributed by atoms with E-state index in [0.29, 0.717) is 11.5 Å². The van der Waals surface area contributed by atoms with Crippen molar-refractivity contribution in [3.05, 3.63) is 60.0 Å². The highest BCUT2D eigenvalue weighted by atomic mass is 16.1. The fourth-order valence-corrected chi connectivity index (χ4v) is 5.40. The number of piperazine rings is 1. The molecule has 2 aromatic heterocycles. The molecule has 0 unspecified atom stereocenters. The standard InChI is InChI=1S/C29H38N8O/c1-19-23(20-6-5-7-22(16-20)37-14-12-36(2)13-15-37)10-11-27(33-19)35-26-17-21(18-32-28(26)29(31)38)34-25-9-4-3-8-24(25)30/h5-7,10-11,16-18,24-25,34H,3-4,8-9,12-15,30H2,1-2H3,(H2,31,38)(H,33,35)/t24-,25+/m0/s1. The maximum absolute atomic E-state index is 12.1. The second-order valence-corrected chi connectivity index (χ2v) is 10.5. The van der Waals surface area contributed by atoms with Crippen LogP contribution in [0.25, 0.3) is 11.1 Å². The van der Waals surface area contributed by atoms with Crippen molar-refractivity contribution in [3.63, 3.8) is 0 Å². The predicted molar refractivity (Wildman–Crippen MR) is 154 cm³/mol. The van der Waals surface area contributed by atoms with E-state index in [9.17, 15) is 4.79 Å². The molecule has 2 aliphatic rings. The summed E-state index contributed by atoms with van der Waals surface area (Å²) in [4.78, 5) is 26.0. The van der Waals surface area contributed by atoms with Crippen LogP contribution in [0.4, 0.5) is 22.9 Å². The molecule has 0 radical (unpaired) electrons. The molecular weight excluding hydrogens is 476 g/mol. The molecule has 200 valence electrons. The van der Waals surface area contributed by atoms with Gasteiger partial charge in [0.15, 0.2) is 5.69 Å². The minimum Gasteiger partial charge on any atom is -0.379 e. The number of nitrogens with two attached hydrogens (primary N) is 2. The van der Waals surface area contributed by atoms with Gasteiger partial charge >= 0.3 is 0 Å². The van der Waals surface area contributed by atoms with Gasteiger partial charge in [-0.15, -0.1) is 0 Å². The number of primary amides is 1. The first-order chi connectivity index (χ1) is 18.4. The molecule has 1 amide bonds. The number of anilines is 4. The maximum Gasteiger partial charge on any atom is 0.269 e. The molecule has 1 aliphatic carbocycles. The average molecular weight is 515 g/mol. The number of aryl methyl sites for hydroxylation is 1. The number of hydrogen-bond donors (Lipinski definition) is 4. The Kier molecular flexibility index (Phi) is 7.76. The zero-order valence-electron chi connectivity index (χ0n) is 22.3. The molecule has 3 heterocycles. The minimum absolute atomic E-state index is 0.0996. The molecule has 9 heteroatoms. The fraction of sp³-hybridized carbons (Fsp3) is 0.414. The van der Waals surface area contributed by atoms with Gasteiger partial charge in [0.1, 0.15) is 5.82 Å². The predicted octanol–water partition coefficient (Wildman–Crippen LogP) is 3.73. The van der Waals surface area contributed by atoms with Crippen LogP contribution in [-0.2, 0) is 0 Å². The highest BCUT2D eigenvalue weighted by Crippen LogP contribution is 2.30. The van der Waals surface area contributed by atoms with Crippen LogP contribution in [0.2, 0.25) is 0 Å². The molecule has 2 atom stereocenters. The molecule has 6 N–H and O–H groups in total. The molecule has 38 heavy (non-hydrogen) atoms. The Morgan fingerprint density at radius 2 is 1.84 bits per heavy atom. The Hall–Kier alpha value is -3.69. The third kappa shape index (κ3) is 5.89. The van der Waals surface area contributed by atoms with Gasteiger partial charge in [-0.3, -0.25) is 4.79 Å². The first-order valence-corrected chi connectivity index (χ1v) is 13.5. The summed E-state index contributed by atoms with van der Waals surface area (Å²) in [6.07, 6.45) is 5.97. The number of benzene rings is 1. The lowest BCUT2D eigenvalue weighted by molar-refractivity contribution is 0.0996. The molecule has 2 fully saturated rings. The Labute approximate surface area is 224 Å². The zero-order chi connectivity index (χ0) is 26.6. The minimum atomic E-state index is -0.595. The number of amides is 1. The number of rotatable bonds is 7. The SMILES string of the molecule is Cc1nc(Nc2cc(N[C@@H]3CCCC[C@@H]3N)cnc2C(N)=O)ccc1-c1cccc(N2CCN(C)CC2)c1. The van der Waals surface area contributed by atoms with Gasteiger partial charge in [0.25, 0.3) is 5.91 Å². The van der Waals surface area contributed by atoms with E-state index < -0.39 is 5.91 Å². The molecule has 1 aromatic carbocycles. The number of nitrogens with one attached hydrogen (secondary N) is 2. The highest BCUT2D eigenvalue weighted by molar-refractivity contribution is 5.97. The molecule has 1 aliphatic heterocycles. The van der Waals surface area contributed by atoms with E-state index in [1.807, 2.05) is 19.1 Å². The number of nitrogens with zero attached hydrogens (tertiary/aromatic N) is 4. The summed E-state index contributed by atoms with van der Waals surface area (Å²) in [6.45, 7) is 6.18. The Morgan fingerprint density at radius 1 is 1.05 bits per heavy atom. The van der Waals surface area contributed by atoms with Gasteiger partial charge in [-0.1, -0.05) is 25.0 Å². The molecule has 1 saturated carbocycles. The number of likely N-dealkylation sites (N-methyl/N-ethyl adjacent to an activating group) is 1. The molecule has 1 saturated heterocycles. The molecule has 5 rings (SSSR count). The van der Waals surface area contributed by atoms with Crippen LogP contribution in [-0.4, -0.2) is 66.1 Å². The molecule has 0 bridgehead atoms. The van der Waals surface area contributed by atoms with Gasteiger partial charge < -0.3 is 31.9 Å². The van der Waals surface area contributed by atoms with Crippen molar-refractivity contribution in [2.24, 2.45) is 11.5 Å². The lowest BCUT2D eigenvalue weighted by Gasteiger charge is -2.34. The smallest absolute Gasteiger partial charge is 0.269 e. The number of hydrogen-bond acceptors (Lipinski definition) is 8. The van der Waals surface area contributed by atoms with E-state index in [-0.39, 0.29) is 17.8 Å². The van der Waals surface area contributed by atoms with Crippen LogP contribution >= 0.6 is 0 Å². The van der Waals surface area contributed by atoms with E-state index >= 15 is 0 Å². The summed E-state index contributed by atoms with van der Waals surface area (Å²) in [5.41, 5.74) is 17.8. The summed E-state index contributed by atoms with van der Waals surface area (Å²) < 4.78 is 0. The monoisotopic (exact) mass is 514 g/mol. The second kappa shape index (κ2) is 11.4. The lowest BCUT2D eigenvalue weighted by Crippen LogP contribution is -2.44. The van der Waals surface area contributed by atoms with Crippen molar-refractivity contribution in [1.82, 2.24) is 14.9 Å². The molecule has 0 spiro atoms. The highest BCUT2D eigenvalue weighted by Gasteiger charge is 2.22. The maximum atomic E-state index is 12.1. The summed E-state index contributed by atoms with van der Waals surface area (Å²) >= 11 is 0. The van der Waals surface area contributed by atoms with Gasteiger partial charge in [0.05, 0.1) is 17.6 Å². The largest absolute Gasteiger partial charge is 0.379 e. The first kappa shape index (κ1) is 25.9. The number of carbonyl (C=O) groups excluding carboxylic acids is 1. The zero-order valence-corrected chi connectivity index (χ0v) is 22.3. The third-order valence-corrected chi connectivity index (χ3v) is 7.67. The van der Waals surface area contributed by atoms with Gasteiger partial charge in [0, 0.05) is 55.2 Å². The average Bonchev–Trinajstić information content (AvgIpc) is 2.91. The van der Waals surface area contributed by atoms with E-state index in [0.717, 1.165) is 74.4 Å². The normalized spacial score (nSPS) is 20.2. The third-order valence-electron chi connectivity index (χ3n) is 7.67. The quantitative estimate of drug-likeness (QED) is 0.376. The number of pyridine rings is 2. The summed E-state index contributed by atoms with van der Waals surface area (Å²) in [6, 6.07) is 14.8. The van der Waals surface area contributed by atoms with Crippen LogP contribution < -0.4 is 27.0 Å². The van der Waals surface area contributed by atoms with Crippen LogP contribution in [0.15, 0.2) is 48.7 Å². The van der Waals surface area contributed by atoms with E-state index in [2.05, 4.69) is 62.8 Å². The summed E-state index contributed by atoms with van der Waals surface area (Å²) in [7, 11) is 2.17. The van der Waals surface area contributed by atoms with Crippen molar-refractivity contribution in [1.29, 1.82) is 0 Å². The van der Waals surface area contributed by atoms with Gasteiger partial charge in [-0.2, -0.15) is 0 Å². The van der Waals surface area contributed by atoms with Crippen molar-refractivity contribution in [3.8, 4) is 11.1 Å². The Morgan fingerprint density at radius 3 is 2.58 bits per heavy atom. The van der Waals surface area contributed by atoms with Crippen LogP contribution in [0.3, 0.4) is 0 Å². The van der Waals surface area contributed by atoms with E-state index in [1.54, 1.807) is 6.20 Å². The van der Waals surface area contributed by atoms with E-state index in [4.69, 9.17) is 16.5 Å². The molecule has 9 nitrogen and oxygen atoms in total. The summed E-state index contributed by atoms with van der Waals surface area (Å²) in [5.74, 6) is 0.0276. The van der Waals surface area contributed by atoms with E-state index in [1.165, 1.54) is 5.69 Å². The Bertz CT molecular complexity index is 1290. The van der Waals surface area contributed by atoms with Crippen molar-refractivity contribution < 1.29 is 4.79 Å². The van der Waals surface area contributed by atoms with Crippen LogP contribution in [0.5, 0.6) is 0 Å². The van der Waals surface area contributed by atoms with Gasteiger partial charge in [0.2, 0.25) is 0 Å². The van der Waals surface area contributed by atoms with Crippen molar-refractivity contribution in [2.45, 2.75) is 44.7 Å². The lowest BCUT2D eigenvalue weighted by atomic mass is 9.91.